The molecule has 5 heteroatoms. The third-order valence-corrected chi connectivity index (χ3v) is 3.24. The number of ether oxygens (including phenoxy) is 1. The SMILES string of the molecule is COC(=O)CSc1c(Cl)cccc1C=O. The predicted molar refractivity (Wildman–Crippen MR) is 59.6 cm³/mol. The molecule has 15 heavy (non-hydrogen) atoms. The Kier molecular flexibility index (Phi) is 4.65. The van der Waals surface area contributed by atoms with E-state index in [2.05, 4.69) is 4.74 Å². The number of benzene rings is 1. The molecule has 1 aromatic carbocycles. The highest BCUT2D eigenvalue weighted by atomic mass is 35.5. The summed E-state index contributed by atoms with van der Waals surface area (Å²) in [6.45, 7) is 0. The number of methoxy groups -OCH3 is 1. The molecule has 0 unspecified atom stereocenters. The van der Waals surface area contributed by atoms with Crippen LogP contribution in [0.5, 0.6) is 0 Å². The first-order valence-electron chi connectivity index (χ1n) is 4.12. The van der Waals surface area contributed by atoms with Gasteiger partial charge in [-0.2, -0.15) is 0 Å². The summed E-state index contributed by atoms with van der Waals surface area (Å²) in [4.78, 5) is 22.2. The van der Waals surface area contributed by atoms with Crippen LogP contribution in [0.2, 0.25) is 5.02 Å². The zero-order valence-corrected chi connectivity index (χ0v) is 9.60. The molecule has 0 bridgehead atoms. The molecule has 0 aliphatic rings. The van der Waals surface area contributed by atoms with Crippen LogP contribution >= 0.6 is 23.4 Å². The largest absolute Gasteiger partial charge is 0.468 e. The first-order chi connectivity index (χ1) is 7.19. The van der Waals surface area contributed by atoms with E-state index in [1.165, 1.54) is 18.9 Å². The molecule has 0 aromatic heterocycles. The molecule has 80 valence electrons. The van der Waals surface area contributed by atoms with E-state index in [1.54, 1.807) is 18.2 Å². The molecule has 0 amide bonds. The molecule has 0 spiro atoms. The zero-order chi connectivity index (χ0) is 11.3. The van der Waals surface area contributed by atoms with E-state index in [0.29, 0.717) is 21.8 Å². The minimum Gasteiger partial charge on any atom is -0.468 e. The van der Waals surface area contributed by atoms with Gasteiger partial charge in [0.25, 0.3) is 0 Å². The van der Waals surface area contributed by atoms with Crippen LogP contribution in [-0.4, -0.2) is 25.1 Å². The molecule has 1 rings (SSSR count). The standard InChI is InChI=1S/C10H9ClO3S/c1-14-9(13)6-15-10-7(5-12)3-2-4-8(10)11/h2-5H,6H2,1H3. The van der Waals surface area contributed by atoms with Crippen molar-refractivity contribution in [1.82, 2.24) is 0 Å². The van der Waals surface area contributed by atoms with Gasteiger partial charge in [-0.25, -0.2) is 0 Å². The van der Waals surface area contributed by atoms with E-state index in [1.807, 2.05) is 0 Å². The van der Waals surface area contributed by atoms with Crippen molar-refractivity contribution < 1.29 is 14.3 Å². The second kappa shape index (κ2) is 5.78. The summed E-state index contributed by atoms with van der Waals surface area (Å²) in [6.07, 6.45) is 0.714. The third-order valence-electron chi connectivity index (χ3n) is 1.69. The fraction of sp³-hybridized carbons (Fsp3) is 0.200. The Morgan fingerprint density at radius 2 is 2.33 bits per heavy atom. The lowest BCUT2D eigenvalue weighted by atomic mass is 10.2. The minimum atomic E-state index is -0.350. The lowest BCUT2D eigenvalue weighted by Gasteiger charge is -2.05. The maximum atomic E-state index is 10.9. The average Bonchev–Trinajstić information content (AvgIpc) is 2.26. The number of rotatable bonds is 4. The summed E-state index contributed by atoms with van der Waals surface area (Å²) in [5.74, 6) is -0.210. The predicted octanol–water partition coefficient (Wildman–Crippen LogP) is 2.42. The lowest BCUT2D eigenvalue weighted by molar-refractivity contribution is -0.137. The summed E-state index contributed by atoms with van der Waals surface area (Å²) >= 11 is 7.10. The van der Waals surface area contributed by atoms with Gasteiger partial charge in [0.15, 0.2) is 6.29 Å². The molecular formula is C10H9ClO3S. The molecular weight excluding hydrogens is 236 g/mol. The highest BCUT2D eigenvalue weighted by Crippen LogP contribution is 2.29. The number of carbonyl (C=O) groups excluding carboxylic acids is 2. The van der Waals surface area contributed by atoms with Gasteiger partial charge in [-0.05, 0) is 6.07 Å². The van der Waals surface area contributed by atoms with Crippen molar-refractivity contribution in [3.63, 3.8) is 0 Å². The monoisotopic (exact) mass is 244 g/mol. The number of hydrogen-bond acceptors (Lipinski definition) is 4. The summed E-state index contributed by atoms with van der Waals surface area (Å²) in [6, 6.07) is 5.01. The van der Waals surface area contributed by atoms with Crippen molar-refractivity contribution in [1.29, 1.82) is 0 Å². The molecule has 0 saturated carbocycles. The van der Waals surface area contributed by atoms with E-state index in [-0.39, 0.29) is 11.7 Å². The van der Waals surface area contributed by atoms with Gasteiger partial charge in [0, 0.05) is 10.5 Å². The van der Waals surface area contributed by atoms with Crippen molar-refractivity contribution in [3.05, 3.63) is 28.8 Å². The van der Waals surface area contributed by atoms with Gasteiger partial charge in [0.05, 0.1) is 17.9 Å². The van der Waals surface area contributed by atoms with Crippen LogP contribution in [-0.2, 0) is 9.53 Å². The smallest absolute Gasteiger partial charge is 0.315 e. The molecule has 0 heterocycles. The summed E-state index contributed by atoms with van der Waals surface area (Å²) in [7, 11) is 1.32. The Morgan fingerprint density at radius 3 is 2.93 bits per heavy atom. The van der Waals surface area contributed by atoms with E-state index in [9.17, 15) is 9.59 Å². The quantitative estimate of drug-likeness (QED) is 0.464. The van der Waals surface area contributed by atoms with E-state index >= 15 is 0 Å². The Bertz CT molecular complexity index is 379. The fourth-order valence-electron chi connectivity index (χ4n) is 0.961. The first kappa shape index (κ1) is 12.1. The number of carbonyl (C=O) groups is 2. The molecule has 0 N–H and O–H groups in total. The number of hydrogen-bond donors (Lipinski definition) is 0. The number of thioether (sulfide) groups is 1. The van der Waals surface area contributed by atoms with Gasteiger partial charge in [-0.15, -0.1) is 11.8 Å². The van der Waals surface area contributed by atoms with Gasteiger partial charge in [0.1, 0.15) is 0 Å². The molecule has 0 aliphatic heterocycles. The van der Waals surface area contributed by atoms with Crippen LogP contribution in [0.25, 0.3) is 0 Å². The molecule has 0 atom stereocenters. The third kappa shape index (κ3) is 3.25. The van der Waals surface area contributed by atoms with E-state index in [4.69, 9.17) is 11.6 Å². The topological polar surface area (TPSA) is 43.4 Å². The van der Waals surface area contributed by atoms with Crippen molar-refractivity contribution >= 4 is 35.6 Å². The second-order valence-corrected chi connectivity index (χ2v) is 4.03. The molecule has 0 aliphatic carbocycles. The Morgan fingerprint density at radius 1 is 1.60 bits per heavy atom. The maximum Gasteiger partial charge on any atom is 0.315 e. The van der Waals surface area contributed by atoms with E-state index < -0.39 is 0 Å². The number of aldehydes is 1. The molecule has 0 radical (unpaired) electrons. The van der Waals surface area contributed by atoms with Crippen LogP contribution in [0.15, 0.2) is 23.1 Å². The van der Waals surface area contributed by atoms with Crippen molar-refractivity contribution in [3.8, 4) is 0 Å². The molecule has 1 aromatic rings. The van der Waals surface area contributed by atoms with Crippen molar-refractivity contribution in [2.75, 3.05) is 12.9 Å². The van der Waals surface area contributed by atoms with Gasteiger partial charge in [-0.1, -0.05) is 23.7 Å². The first-order valence-corrected chi connectivity index (χ1v) is 5.48. The molecule has 0 fully saturated rings. The van der Waals surface area contributed by atoms with Crippen LogP contribution in [0.3, 0.4) is 0 Å². The van der Waals surface area contributed by atoms with Crippen molar-refractivity contribution in [2.45, 2.75) is 4.90 Å². The number of esters is 1. The summed E-state index contributed by atoms with van der Waals surface area (Å²) < 4.78 is 4.49. The van der Waals surface area contributed by atoms with Crippen LogP contribution in [0, 0.1) is 0 Å². The number of halogens is 1. The van der Waals surface area contributed by atoms with Crippen LogP contribution < -0.4 is 0 Å². The Hall–Kier alpha value is -1.00. The maximum absolute atomic E-state index is 10.9. The highest BCUT2D eigenvalue weighted by molar-refractivity contribution is 8.00. The van der Waals surface area contributed by atoms with Gasteiger partial charge >= 0.3 is 5.97 Å². The van der Waals surface area contributed by atoms with Crippen molar-refractivity contribution in [2.24, 2.45) is 0 Å². The molecule has 3 nitrogen and oxygen atoms in total. The summed E-state index contributed by atoms with van der Waals surface area (Å²) in [5.41, 5.74) is 0.483. The fourth-order valence-corrected chi connectivity index (χ4v) is 2.17. The van der Waals surface area contributed by atoms with Gasteiger partial charge in [-0.3, -0.25) is 9.59 Å². The second-order valence-electron chi connectivity index (χ2n) is 2.64. The average molecular weight is 245 g/mol. The van der Waals surface area contributed by atoms with E-state index in [0.717, 1.165) is 0 Å². The Labute approximate surface area is 96.8 Å². The van der Waals surface area contributed by atoms with Gasteiger partial charge in [0.2, 0.25) is 0 Å². The zero-order valence-electron chi connectivity index (χ0n) is 8.03. The highest BCUT2D eigenvalue weighted by Gasteiger charge is 2.09. The normalized spacial score (nSPS) is 9.73. The van der Waals surface area contributed by atoms with Crippen LogP contribution in [0.4, 0.5) is 0 Å². The minimum absolute atomic E-state index is 0.140. The van der Waals surface area contributed by atoms with Gasteiger partial charge < -0.3 is 4.74 Å². The molecule has 0 saturated heterocycles. The lowest BCUT2D eigenvalue weighted by Crippen LogP contribution is -2.03. The Balaban J connectivity index is 2.83. The summed E-state index contributed by atoms with van der Waals surface area (Å²) in [5, 5.41) is 0.466. The van der Waals surface area contributed by atoms with Crippen LogP contribution in [0.1, 0.15) is 10.4 Å².